The van der Waals surface area contributed by atoms with Crippen LogP contribution in [0, 0.1) is 0 Å². The zero-order valence-corrected chi connectivity index (χ0v) is 10.9. The zero-order chi connectivity index (χ0) is 13.3. The molecule has 1 aliphatic heterocycles. The lowest BCUT2D eigenvalue weighted by Gasteiger charge is -2.30. The van der Waals surface area contributed by atoms with E-state index in [1.807, 2.05) is 37.3 Å². The summed E-state index contributed by atoms with van der Waals surface area (Å²) in [6.45, 7) is 5.99. The molecule has 0 saturated carbocycles. The van der Waals surface area contributed by atoms with Crippen molar-refractivity contribution >= 4 is 17.8 Å². The Hall–Kier alpha value is -1.90. The van der Waals surface area contributed by atoms with Crippen molar-refractivity contribution in [3.8, 4) is 0 Å². The molecule has 3 heteroatoms. The number of carbonyl (C=O) groups is 2. The molecule has 1 amide bonds. The van der Waals surface area contributed by atoms with Gasteiger partial charge >= 0.3 is 0 Å². The molecule has 3 nitrogen and oxygen atoms in total. The zero-order valence-electron chi connectivity index (χ0n) is 10.9. The highest BCUT2D eigenvalue weighted by Crippen LogP contribution is 2.31. The first-order chi connectivity index (χ1) is 8.47. The van der Waals surface area contributed by atoms with Gasteiger partial charge in [-0.1, -0.05) is 30.3 Å². The van der Waals surface area contributed by atoms with Crippen molar-refractivity contribution in [2.45, 2.75) is 26.3 Å². The summed E-state index contributed by atoms with van der Waals surface area (Å²) in [7, 11) is 0. The molecular weight excluding hydrogens is 226 g/mol. The molecule has 0 fully saturated rings. The Morgan fingerprint density at radius 3 is 2.39 bits per heavy atom. The van der Waals surface area contributed by atoms with Crippen molar-refractivity contribution in [3.63, 3.8) is 0 Å². The van der Waals surface area contributed by atoms with Crippen LogP contribution < -0.4 is 0 Å². The highest BCUT2D eigenvalue weighted by atomic mass is 16.2. The molecule has 94 valence electrons. The molecule has 0 radical (unpaired) electrons. The molecule has 0 aromatic heterocycles. The number of carbonyl (C=O) groups excluding carboxylic acids is 2. The van der Waals surface area contributed by atoms with E-state index in [1.54, 1.807) is 18.7 Å². The summed E-state index contributed by atoms with van der Waals surface area (Å²) in [5.41, 5.74) is 1.91. The van der Waals surface area contributed by atoms with Crippen LogP contribution in [0.5, 0.6) is 0 Å². The molecule has 0 atom stereocenters. The Morgan fingerprint density at radius 2 is 1.83 bits per heavy atom. The smallest absolute Gasteiger partial charge is 0.255 e. The van der Waals surface area contributed by atoms with E-state index in [1.165, 1.54) is 0 Å². The fourth-order valence-electron chi connectivity index (χ4n) is 2.21. The Labute approximate surface area is 107 Å². The number of aldehydes is 1. The fraction of sp³-hybridized carbons (Fsp3) is 0.333. The van der Waals surface area contributed by atoms with E-state index in [0.717, 1.165) is 23.0 Å². The number of hydrogen-bond donors (Lipinski definition) is 0. The van der Waals surface area contributed by atoms with E-state index >= 15 is 0 Å². The standard InChI is InChI=1S/C15H17NO2/c1-11-9-16(15(2,3)10-17)14(18)13(11)12-7-5-4-6-8-12/h4-8,10H,9H2,1-3H3. The lowest BCUT2D eigenvalue weighted by atomic mass is 10.0. The van der Waals surface area contributed by atoms with Crippen LogP contribution in [0.3, 0.4) is 0 Å². The minimum absolute atomic E-state index is 0.0594. The first kappa shape index (κ1) is 12.6. The number of benzene rings is 1. The van der Waals surface area contributed by atoms with Crippen LogP contribution in [0.15, 0.2) is 35.9 Å². The molecule has 1 aromatic rings. The monoisotopic (exact) mass is 243 g/mol. The van der Waals surface area contributed by atoms with Crippen molar-refractivity contribution < 1.29 is 9.59 Å². The summed E-state index contributed by atoms with van der Waals surface area (Å²) in [6.07, 6.45) is 0.826. The van der Waals surface area contributed by atoms with E-state index < -0.39 is 5.54 Å². The van der Waals surface area contributed by atoms with Gasteiger partial charge in [-0.3, -0.25) is 4.79 Å². The second kappa shape index (κ2) is 4.41. The Bertz CT molecular complexity index is 515. The normalized spacial score (nSPS) is 16.4. The van der Waals surface area contributed by atoms with Crippen molar-refractivity contribution in [1.29, 1.82) is 0 Å². The largest absolute Gasteiger partial charge is 0.323 e. The van der Waals surface area contributed by atoms with Gasteiger partial charge in [-0.15, -0.1) is 0 Å². The summed E-state index contributed by atoms with van der Waals surface area (Å²) in [5.74, 6) is -0.0594. The van der Waals surface area contributed by atoms with Gasteiger partial charge in [-0.05, 0) is 31.9 Å². The summed E-state index contributed by atoms with van der Waals surface area (Å²) < 4.78 is 0. The lowest BCUT2D eigenvalue weighted by Crippen LogP contribution is -2.46. The molecule has 0 unspecified atom stereocenters. The predicted molar refractivity (Wildman–Crippen MR) is 70.9 cm³/mol. The molecule has 1 aliphatic rings. The Morgan fingerprint density at radius 1 is 1.22 bits per heavy atom. The van der Waals surface area contributed by atoms with Gasteiger partial charge in [-0.2, -0.15) is 0 Å². The molecule has 0 N–H and O–H groups in total. The van der Waals surface area contributed by atoms with Crippen molar-refractivity contribution in [3.05, 3.63) is 41.5 Å². The summed E-state index contributed by atoms with van der Waals surface area (Å²) >= 11 is 0. The average molecular weight is 243 g/mol. The summed E-state index contributed by atoms with van der Waals surface area (Å²) in [6, 6.07) is 9.60. The quantitative estimate of drug-likeness (QED) is 0.764. The van der Waals surface area contributed by atoms with E-state index in [0.29, 0.717) is 6.54 Å². The maximum atomic E-state index is 12.4. The third-order valence-corrected chi connectivity index (χ3v) is 3.33. The highest BCUT2D eigenvalue weighted by Gasteiger charge is 2.38. The molecule has 2 rings (SSSR count). The van der Waals surface area contributed by atoms with Crippen molar-refractivity contribution in [2.75, 3.05) is 6.54 Å². The van der Waals surface area contributed by atoms with Crippen LogP contribution in [0.25, 0.3) is 5.57 Å². The SMILES string of the molecule is CC1=C(c2ccccc2)C(=O)N(C(C)(C)C=O)C1. The number of hydrogen-bond acceptors (Lipinski definition) is 2. The third kappa shape index (κ3) is 1.96. The molecular formula is C15H17NO2. The average Bonchev–Trinajstić information content (AvgIpc) is 2.67. The maximum absolute atomic E-state index is 12.4. The lowest BCUT2D eigenvalue weighted by molar-refractivity contribution is -0.133. The number of amides is 1. The van der Waals surface area contributed by atoms with Crippen LogP contribution in [-0.2, 0) is 9.59 Å². The van der Waals surface area contributed by atoms with Crippen molar-refractivity contribution in [1.82, 2.24) is 4.90 Å². The molecule has 0 bridgehead atoms. The van der Waals surface area contributed by atoms with Crippen LogP contribution in [-0.4, -0.2) is 29.2 Å². The molecule has 0 aliphatic carbocycles. The van der Waals surface area contributed by atoms with Crippen LogP contribution >= 0.6 is 0 Å². The number of rotatable bonds is 3. The predicted octanol–water partition coefficient (Wildman–Crippen LogP) is 2.28. The maximum Gasteiger partial charge on any atom is 0.255 e. The Balaban J connectivity index is 2.38. The third-order valence-electron chi connectivity index (χ3n) is 3.33. The second-order valence-electron chi connectivity index (χ2n) is 5.18. The van der Waals surface area contributed by atoms with Gasteiger partial charge in [0.05, 0.1) is 5.54 Å². The first-order valence-electron chi connectivity index (χ1n) is 6.01. The first-order valence-corrected chi connectivity index (χ1v) is 6.01. The molecule has 0 saturated heterocycles. The molecule has 1 heterocycles. The Kier molecular flexibility index (Phi) is 3.07. The van der Waals surface area contributed by atoms with Crippen molar-refractivity contribution in [2.24, 2.45) is 0 Å². The van der Waals surface area contributed by atoms with E-state index in [4.69, 9.17) is 0 Å². The molecule has 1 aromatic carbocycles. The van der Waals surface area contributed by atoms with E-state index in [2.05, 4.69) is 0 Å². The van der Waals surface area contributed by atoms with Gasteiger partial charge in [0.15, 0.2) is 0 Å². The van der Waals surface area contributed by atoms with Gasteiger partial charge in [0.1, 0.15) is 6.29 Å². The van der Waals surface area contributed by atoms with Gasteiger partial charge in [0.25, 0.3) is 5.91 Å². The van der Waals surface area contributed by atoms with Crippen LogP contribution in [0.1, 0.15) is 26.3 Å². The van der Waals surface area contributed by atoms with Gasteiger partial charge < -0.3 is 9.69 Å². The fourth-order valence-corrected chi connectivity index (χ4v) is 2.21. The highest BCUT2D eigenvalue weighted by molar-refractivity contribution is 6.23. The van der Waals surface area contributed by atoms with E-state index in [9.17, 15) is 9.59 Å². The number of nitrogens with zero attached hydrogens (tertiary/aromatic N) is 1. The van der Waals surface area contributed by atoms with E-state index in [-0.39, 0.29) is 5.91 Å². The van der Waals surface area contributed by atoms with Crippen LogP contribution in [0.2, 0.25) is 0 Å². The van der Waals surface area contributed by atoms with Gasteiger partial charge in [0, 0.05) is 12.1 Å². The molecule has 18 heavy (non-hydrogen) atoms. The van der Waals surface area contributed by atoms with Crippen LogP contribution in [0.4, 0.5) is 0 Å². The minimum Gasteiger partial charge on any atom is -0.323 e. The van der Waals surface area contributed by atoms with Gasteiger partial charge in [0.2, 0.25) is 0 Å². The van der Waals surface area contributed by atoms with Gasteiger partial charge in [-0.25, -0.2) is 0 Å². The molecule has 0 spiro atoms. The second-order valence-corrected chi connectivity index (χ2v) is 5.18. The minimum atomic E-state index is -0.755. The summed E-state index contributed by atoms with van der Waals surface area (Å²) in [4.78, 5) is 25.2. The summed E-state index contributed by atoms with van der Waals surface area (Å²) in [5, 5.41) is 0. The topological polar surface area (TPSA) is 37.4 Å².